The maximum Gasteiger partial charge on any atom is 0.270 e. The molecule has 0 saturated carbocycles. The predicted molar refractivity (Wildman–Crippen MR) is 66.9 cm³/mol. The van der Waals surface area contributed by atoms with Crippen molar-refractivity contribution in [3.63, 3.8) is 0 Å². The fraction of sp³-hybridized carbons (Fsp3) is 0.364. The van der Waals surface area contributed by atoms with E-state index >= 15 is 0 Å². The number of nitrogens with zero attached hydrogens (tertiary/aromatic N) is 1. The monoisotopic (exact) mass is 272 g/mol. The molecule has 0 aliphatic carbocycles. The van der Waals surface area contributed by atoms with Gasteiger partial charge in [-0.15, -0.1) is 0 Å². The van der Waals surface area contributed by atoms with E-state index in [1.807, 2.05) is 0 Å². The smallest absolute Gasteiger partial charge is 0.270 e. The number of amides is 1. The zero-order chi connectivity index (χ0) is 13.7. The van der Waals surface area contributed by atoms with Gasteiger partial charge in [0.15, 0.2) is 0 Å². The first-order chi connectivity index (χ1) is 8.45. The topological polar surface area (TPSA) is 81.5 Å². The number of carbonyl (C=O) groups excluding carboxylic acids is 1. The lowest BCUT2D eigenvalue weighted by Crippen LogP contribution is -2.31. The zero-order valence-electron chi connectivity index (χ0n) is 9.97. The number of nitro groups is 1. The van der Waals surface area contributed by atoms with Gasteiger partial charge in [0, 0.05) is 25.8 Å². The molecule has 0 aliphatic rings. The van der Waals surface area contributed by atoms with Crippen molar-refractivity contribution in [2.24, 2.45) is 0 Å². The Kier molecular flexibility index (Phi) is 5.06. The van der Waals surface area contributed by atoms with Crippen molar-refractivity contribution in [2.75, 3.05) is 13.7 Å². The molecular formula is C11H13ClN2O4. The molecule has 0 bridgehead atoms. The third-order valence-corrected chi connectivity index (χ3v) is 2.67. The van der Waals surface area contributed by atoms with E-state index < -0.39 is 10.8 Å². The van der Waals surface area contributed by atoms with Crippen molar-refractivity contribution in [1.29, 1.82) is 0 Å². The lowest BCUT2D eigenvalue weighted by Gasteiger charge is -2.11. The Morgan fingerprint density at radius 2 is 2.28 bits per heavy atom. The summed E-state index contributed by atoms with van der Waals surface area (Å²) in [6, 6.07) is 3.71. The van der Waals surface area contributed by atoms with Crippen molar-refractivity contribution in [3.05, 3.63) is 38.9 Å². The zero-order valence-corrected chi connectivity index (χ0v) is 10.7. The molecule has 0 aromatic heterocycles. The summed E-state index contributed by atoms with van der Waals surface area (Å²) in [6.45, 7) is 2.14. The lowest BCUT2D eigenvalue weighted by atomic mass is 10.2. The highest BCUT2D eigenvalue weighted by atomic mass is 35.5. The van der Waals surface area contributed by atoms with Crippen LogP contribution in [0, 0.1) is 10.1 Å². The van der Waals surface area contributed by atoms with Crippen LogP contribution in [0.15, 0.2) is 18.2 Å². The van der Waals surface area contributed by atoms with Crippen molar-refractivity contribution in [1.82, 2.24) is 5.32 Å². The highest BCUT2D eigenvalue weighted by molar-refractivity contribution is 6.34. The quantitative estimate of drug-likeness (QED) is 0.657. The van der Waals surface area contributed by atoms with Gasteiger partial charge in [0.1, 0.15) is 0 Å². The van der Waals surface area contributed by atoms with Gasteiger partial charge in [0.2, 0.25) is 0 Å². The van der Waals surface area contributed by atoms with Gasteiger partial charge >= 0.3 is 0 Å². The van der Waals surface area contributed by atoms with E-state index in [-0.39, 0.29) is 22.4 Å². The van der Waals surface area contributed by atoms with Crippen molar-refractivity contribution in [2.45, 2.75) is 13.0 Å². The molecule has 98 valence electrons. The summed E-state index contributed by atoms with van der Waals surface area (Å²) < 4.78 is 4.98. The number of methoxy groups -OCH3 is 1. The maximum atomic E-state index is 11.7. The van der Waals surface area contributed by atoms with E-state index in [4.69, 9.17) is 16.3 Å². The number of non-ortho nitro benzene ring substituents is 1. The number of benzene rings is 1. The number of carbonyl (C=O) groups is 1. The Bertz CT molecular complexity index is 464. The molecule has 0 radical (unpaired) electrons. The summed E-state index contributed by atoms with van der Waals surface area (Å²) in [5, 5.41) is 13.2. The molecule has 0 spiro atoms. The Hall–Kier alpha value is -1.66. The molecule has 7 heteroatoms. The summed E-state index contributed by atoms with van der Waals surface area (Å²) in [5.74, 6) is -0.390. The molecule has 1 amide bonds. The van der Waals surface area contributed by atoms with Gasteiger partial charge in [0.25, 0.3) is 11.6 Å². The second-order valence-electron chi connectivity index (χ2n) is 3.68. The van der Waals surface area contributed by atoms with Gasteiger partial charge in [0.05, 0.1) is 21.6 Å². The van der Waals surface area contributed by atoms with Gasteiger partial charge in [-0.05, 0) is 13.0 Å². The van der Waals surface area contributed by atoms with Gasteiger partial charge < -0.3 is 10.1 Å². The van der Waals surface area contributed by atoms with Crippen LogP contribution in [0.2, 0.25) is 5.02 Å². The van der Waals surface area contributed by atoms with Crippen LogP contribution in [-0.2, 0) is 4.74 Å². The molecule has 0 fully saturated rings. The number of ether oxygens (including phenoxy) is 1. The molecule has 0 aliphatic heterocycles. The van der Waals surface area contributed by atoms with Gasteiger partial charge in [-0.3, -0.25) is 14.9 Å². The molecular weight excluding hydrogens is 260 g/mol. The molecule has 0 saturated heterocycles. The fourth-order valence-electron chi connectivity index (χ4n) is 1.22. The molecule has 1 rings (SSSR count). The minimum atomic E-state index is -0.569. The first-order valence-electron chi connectivity index (χ1n) is 5.20. The third-order valence-electron chi connectivity index (χ3n) is 2.36. The molecule has 1 aromatic rings. The number of rotatable bonds is 5. The van der Waals surface area contributed by atoms with Crippen molar-refractivity contribution < 1.29 is 14.5 Å². The lowest BCUT2D eigenvalue weighted by molar-refractivity contribution is -0.384. The average molecular weight is 273 g/mol. The van der Waals surface area contributed by atoms with Crippen LogP contribution in [0.5, 0.6) is 0 Å². The fourth-order valence-corrected chi connectivity index (χ4v) is 1.48. The molecule has 1 N–H and O–H groups in total. The van der Waals surface area contributed by atoms with E-state index in [9.17, 15) is 14.9 Å². The summed E-state index contributed by atoms with van der Waals surface area (Å²) in [5.41, 5.74) is 0.0485. The minimum Gasteiger partial charge on any atom is -0.380 e. The Balaban J connectivity index is 2.78. The predicted octanol–water partition coefficient (Wildman–Crippen LogP) is 2.01. The Morgan fingerprint density at radius 1 is 1.61 bits per heavy atom. The summed E-state index contributed by atoms with van der Waals surface area (Å²) >= 11 is 5.82. The highest BCUT2D eigenvalue weighted by Crippen LogP contribution is 2.22. The van der Waals surface area contributed by atoms with Crippen molar-refractivity contribution in [3.8, 4) is 0 Å². The van der Waals surface area contributed by atoms with Crippen LogP contribution in [0.4, 0.5) is 5.69 Å². The van der Waals surface area contributed by atoms with Crippen LogP contribution in [-0.4, -0.2) is 30.6 Å². The Morgan fingerprint density at radius 3 is 2.78 bits per heavy atom. The van der Waals surface area contributed by atoms with Crippen LogP contribution in [0.1, 0.15) is 17.3 Å². The molecule has 0 heterocycles. The van der Waals surface area contributed by atoms with E-state index in [1.165, 1.54) is 19.2 Å². The standard InChI is InChI=1S/C11H13ClN2O4/c1-7(18-2)6-13-11(15)9-4-3-8(14(16)17)5-10(9)12/h3-5,7H,6H2,1-2H3,(H,13,15). The molecule has 6 nitrogen and oxygen atoms in total. The van der Waals surface area contributed by atoms with E-state index in [0.717, 1.165) is 6.07 Å². The SMILES string of the molecule is COC(C)CNC(=O)c1ccc([N+](=O)[O-])cc1Cl. The number of halogens is 1. The summed E-state index contributed by atoms with van der Waals surface area (Å²) in [4.78, 5) is 21.7. The van der Waals surface area contributed by atoms with Crippen molar-refractivity contribution >= 4 is 23.2 Å². The van der Waals surface area contributed by atoms with Gasteiger partial charge in [-0.1, -0.05) is 11.6 Å². The largest absolute Gasteiger partial charge is 0.380 e. The van der Waals surface area contributed by atoms with E-state index in [1.54, 1.807) is 6.92 Å². The highest BCUT2D eigenvalue weighted by Gasteiger charge is 2.15. The summed E-state index contributed by atoms with van der Waals surface area (Å²) in [6.07, 6.45) is -0.120. The molecule has 1 aromatic carbocycles. The summed E-state index contributed by atoms with van der Waals surface area (Å²) in [7, 11) is 1.54. The van der Waals surface area contributed by atoms with Crippen LogP contribution >= 0.6 is 11.6 Å². The molecule has 18 heavy (non-hydrogen) atoms. The second-order valence-corrected chi connectivity index (χ2v) is 4.08. The van der Waals surface area contributed by atoms with Gasteiger partial charge in [-0.2, -0.15) is 0 Å². The first-order valence-corrected chi connectivity index (χ1v) is 5.58. The van der Waals surface area contributed by atoms with Crippen LogP contribution < -0.4 is 5.32 Å². The van der Waals surface area contributed by atoms with E-state index in [0.29, 0.717) is 6.54 Å². The van der Waals surface area contributed by atoms with Crippen LogP contribution in [0.25, 0.3) is 0 Å². The number of hydrogen-bond donors (Lipinski definition) is 1. The number of hydrogen-bond acceptors (Lipinski definition) is 4. The Labute approximate surface area is 109 Å². The first kappa shape index (κ1) is 14.4. The van der Waals surface area contributed by atoms with E-state index in [2.05, 4.69) is 5.32 Å². The number of nitrogens with one attached hydrogen (secondary N) is 1. The normalized spacial score (nSPS) is 11.9. The average Bonchev–Trinajstić information content (AvgIpc) is 2.35. The van der Waals surface area contributed by atoms with Crippen LogP contribution in [0.3, 0.4) is 0 Å². The molecule has 1 unspecified atom stereocenters. The second kappa shape index (κ2) is 6.32. The number of nitro benzene ring substituents is 1. The minimum absolute atomic E-state index is 0.0479. The van der Waals surface area contributed by atoms with Gasteiger partial charge in [-0.25, -0.2) is 0 Å². The molecule has 1 atom stereocenters. The third kappa shape index (κ3) is 3.68. The maximum absolute atomic E-state index is 11.7.